The zero-order chi connectivity index (χ0) is 16.7. The Morgan fingerprint density at radius 2 is 2.12 bits per heavy atom. The lowest BCUT2D eigenvalue weighted by Crippen LogP contribution is -2.34. The highest BCUT2D eigenvalue weighted by Crippen LogP contribution is 2.49. The third-order valence-electron chi connectivity index (χ3n) is 6.02. The van der Waals surface area contributed by atoms with Gasteiger partial charge in [0.1, 0.15) is 5.82 Å². The molecule has 2 bridgehead atoms. The van der Waals surface area contributed by atoms with E-state index in [0.29, 0.717) is 18.3 Å². The van der Waals surface area contributed by atoms with Crippen molar-refractivity contribution in [3.63, 3.8) is 0 Å². The van der Waals surface area contributed by atoms with Crippen LogP contribution in [0.4, 0.5) is 0 Å². The second-order valence-corrected chi connectivity index (χ2v) is 8.07. The van der Waals surface area contributed by atoms with Crippen molar-refractivity contribution < 1.29 is 4.79 Å². The first-order chi connectivity index (χ1) is 11.6. The van der Waals surface area contributed by atoms with E-state index in [9.17, 15) is 4.79 Å². The highest BCUT2D eigenvalue weighted by atomic mass is 16.1. The molecular weight excluding hydrogens is 298 g/mol. The molecule has 4 unspecified atom stereocenters. The Balaban J connectivity index is 1.46. The van der Waals surface area contributed by atoms with Crippen LogP contribution in [0, 0.1) is 23.7 Å². The monoisotopic (exact) mass is 325 g/mol. The number of nitrogens with one attached hydrogen (secondary N) is 2. The summed E-state index contributed by atoms with van der Waals surface area (Å²) >= 11 is 0. The van der Waals surface area contributed by atoms with Crippen LogP contribution in [-0.4, -0.2) is 15.9 Å². The molecule has 0 saturated heterocycles. The SMILES string of the molecule is CC(C)C(NC(=O)CC1CC2CCC1C2)c1nc2ccccc2[nH]1. The molecule has 24 heavy (non-hydrogen) atoms. The van der Waals surface area contributed by atoms with Gasteiger partial charge in [0, 0.05) is 6.42 Å². The van der Waals surface area contributed by atoms with Crippen molar-refractivity contribution in [1.29, 1.82) is 0 Å². The minimum absolute atomic E-state index is 0.0523. The maximum Gasteiger partial charge on any atom is 0.220 e. The van der Waals surface area contributed by atoms with Crippen LogP contribution in [0.25, 0.3) is 11.0 Å². The van der Waals surface area contributed by atoms with E-state index in [1.54, 1.807) is 0 Å². The molecule has 2 fully saturated rings. The van der Waals surface area contributed by atoms with Crippen molar-refractivity contribution in [2.45, 2.75) is 52.0 Å². The fourth-order valence-electron chi connectivity index (χ4n) is 4.77. The van der Waals surface area contributed by atoms with E-state index in [4.69, 9.17) is 0 Å². The first-order valence-corrected chi connectivity index (χ1v) is 9.34. The average molecular weight is 325 g/mol. The molecule has 0 spiro atoms. The predicted octanol–water partition coefficient (Wildman–Crippen LogP) is 4.20. The van der Waals surface area contributed by atoms with Gasteiger partial charge < -0.3 is 10.3 Å². The van der Waals surface area contributed by atoms with E-state index in [-0.39, 0.29) is 11.9 Å². The second-order valence-electron chi connectivity index (χ2n) is 8.07. The lowest BCUT2D eigenvalue weighted by molar-refractivity contribution is -0.123. The molecule has 1 aromatic carbocycles. The summed E-state index contributed by atoms with van der Waals surface area (Å²) in [5.41, 5.74) is 1.99. The number of rotatable bonds is 5. The average Bonchev–Trinajstić information content (AvgIpc) is 3.26. The molecule has 4 rings (SSSR count). The number of nitrogens with zero attached hydrogens (tertiary/aromatic N) is 1. The number of imidazole rings is 1. The van der Waals surface area contributed by atoms with Crippen LogP contribution in [0.2, 0.25) is 0 Å². The lowest BCUT2D eigenvalue weighted by Gasteiger charge is -2.24. The fraction of sp³-hybridized carbons (Fsp3) is 0.600. The number of aromatic nitrogens is 2. The first-order valence-electron chi connectivity index (χ1n) is 9.34. The summed E-state index contributed by atoms with van der Waals surface area (Å²) in [6, 6.07) is 7.97. The summed E-state index contributed by atoms with van der Waals surface area (Å²) in [6.45, 7) is 4.27. The largest absolute Gasteiger partial charge is 0.346 e. The van der Waals surface area contributed by atoms with Crippen molar-refractivity contribution in [1.82, 2.24) is 15.3 Å². The first kappa shape index (κ1) is 15.7. The van der Waals surface area contributed by atoms with E-state index >= 15 is 0 Å². The van der Waals surface area contributed by atoms with Crippen LogP contribution in [-0.2, 0) is 4.79 Å². The van der Waals surface area contributed by atoms with Crippen LogP contribution in [0.3, 0.4) is 0 Å². The van der Waals surface area contributed by atoms with Gasteiger partial charge in [0.15, 0.2) is 0 Å². The van der Waals surface area contributed by atoms with Crippen molar-refractivity contribution >= 4 is 16.9 Å². The zero-order valence-corrected chi connectivity index (χ0v) is 14.6. The van der Waals surface area contributed by atoms with Crippen molar-refractivity contribution in [3.8, 4) is 0 Å². The van der Waals surface area contributed by atoms with Gasteiger partial charge in [-0.25, -0.2) is 4.98 Å². The Labute approximate surface area is 143 Å². The van der Waals surface area contributed by atoms with E-state index in [1.807, 2.05) is 24.3 Å². The van der Waals surface area contributed by atoms with Gasteiger partial charge in [-0.3, -0.25) is 4.79 Å². The van der Waals surface area contributed by atoms with Gasteiger partial charge in [-0.1, -0.05) is 32.4 Å². The van der Waals surface area contributed by atoms with Gasteiger partial charge in [-0.05, 0) is 55.1 Å². The van der Waals surface area contributed by atoms with Crippen LogP contribution >= 0.6 is 0 Å². The van der Waals surface area contributed by atoms with Crippen LogP contribution < -0.4 is 5.32 Å². The maximum atomic E-state index is 12.6. The van der Waals surface area contributed by atoms with Crippen LogP contribution in [0.1, 0.15) is 57.8 Å². The molecule has 1 heterocycles. The highest BCUT2D eigenvalue weighted by molar-refractivity contribution is 5.78. The molecule has 4 heteroatoms. The minimum atomic E-state index is -0.0523. The number of hydrogen-bond donors (Lipinski definition) is 2. The van der Waals surface area contributed by atoms with Crippen LogP contribution in [0.15, 0.2) is 24.3 Å². The molecule has 2 aromatic rings. The number of fused-ring (bicyclic) bond motifs is 3. The summed E-state index contributed by atoms with van der Waals surface area (Å²) in [5, 5.41) is 3.25. The summed E-state index contributed by atoms with van der Waals surface area (Å²) < 4.78 is 0. The number of H-pyrrole nitrogens is 1. The fourth-order valence-corrected chi connectivity index (χ4v) is 4.77. The van der Waals surface area contributed by atoms with E-state index in [0.717, 1.165) is 28.7 Å². The summed E-state index contributed by atoms with van der Waals surface area (Å²) in [5.74, 6) is 3.65. The van der Waals surface area contributed by atoms with E-state index < -0.39 is 0 Å². The standard InChI is InChI=1S/C20H27N3O/c1-12(2)19(20-21-16-5-3-4-6-17(16)22-20)23-18(24)11-15-10-13-7-8-14(15)9-13/h3-6,12-15,19H,7-11H2,1-2H3,(H,21,22)(H,23,24). The Hall–Kier alpha value is -1.84. The number of hydrogen-bond acceptors (Lipinski definition) is 2. The molecule has 4 atom stereocenters. The summed E-state index contributed by atoms with van der Waals surface area (Å²) in [7, 11) is 0. The van der Waals surface area contributed by atoms with Gasteiger partial charge >= 0.3 is 0 Å². The summed E-state index contributed by atoms with van der Waals surface area (Å²) in [4.78, 5) is 20.7. The molecule has 2 N–H and O–H groups in total. The molecule has 1 amide bonds. The van der Waals surface area contributed by atoms with Crippen molar-refractivity contribution in [3.05, 3.63) is 30.1 Å². The lowest BCUT2D eigenvalue weighted by atomic mass is 9.86. The molecule has 2 aliphatic rings. The molecule has 2 aliphatic carbocycles. The third kappa shape index (κ3) is 2.94. The molecule has 1 aromatic heterocycles. The Morgan fingerprint density at radius 1 is 1.29 bits per heavy atom. The predicted molar refractivity (Wildman–Crippen MR) is 95.4 cm³/mol. The quantitative estimate of drug-likeness (QED) is 0.865. The van der Waals surface area contributed by atoms with Crippen molar-refractivity contribution in [2.75, 3.05) is 0 Å². The highest BCUT2D eigenvalue weighted by Gasteiger charge is 2.40. The molecule has 0 aliphatic heterocycles. The molecule has 128 valence electrons. The Morgan fingerprint density at radius 3 is 2.79 bits per heavy atom. The number of para-hydroxylation sites is 2. The third-order valence-corrected chi connectivity index (χ3v) is 6.02. The molecule has 2 saturated carbocycles. The molecular formula is C20H27N3O. The van der Waals surface area contributed by atoms with E-state index in [1.165, 1.54) is 25.7 Å². The van der Waals surface area contributed by atoms with Gasteiger partial charge in [-0.15, -0.1) is 0 Å². The van der Waals surface area contributed by atoms with Crippen molar-refractivity contribution in [2.24, 2.45) is 23.7 Å². The van der Waals surface area contributed by atoms with Gasteiger partial charge in [0.25, 0.3) is 0 Å². The number of carbonyl (C=O) groups excluding carboxylic acids is 1. The van der Waals surface area contributed by atoms with Gasteiger partial charge in [0.2, 0.25) is 5.91 Å². The second kappa shape index (κ2) is 6.23. The number of amides is 1. The maximum absolute atomic E-state index is 12.6. The van der Waals surface area contributed by atoms with Crippen LogP contribution in [0.5, 0.6) is 0 Å². The molecule has 4 nitrogen and oxygen atoms in total. The van der Waals surface area contributed by atoms with Gasteiger partial charge in [0.05, 0.1) is 17.1 Å². The topological polar surface area (TPSA) is 57.8 Å². The Bertz CT molecular complexity index is 702. The summed E-state index contributed by atoms with van der Waals surface area (Å²) in [6.07, 6.45) is 6.02. The minimum Gasteiger partial charge on any atom is -0.346 e. The zero-order valence-electron chi connectivity index (χ0n) is 14.6. The normalized spacial score (nSPS) is 27.0. The van der Waals surface area contributed by atoms with E-state index in [2.05, 4.69) is 29.1 Å². The smallest absolute Gasteiger partial charge is 0.220 e. The number of benzene rings is 1. The Kier molecular flexibility index (Phi) is 4.07. The number of aromatic amines is 1. The van der Waals surface area contributed by atoms with Gasteiger partial charge in [-0.2, -0.15) is 0 Å². The number of carbonyl (C=O) groups is 1. The molecule has 0 radical (unpaired) electrons.